The zero-order valence-electron chi connectivity index (χ0n) is 13.8. The minimum Gasteiger partial charge on any atom is -0.338 e. The third-order valence-corrected chi connectivity index (χ3v) is 4.95. The summed E-state index contributed by atoms with van der Waals surface area (Å²) in [6, 6.07) is 8.00. The van der Waals surface area contributed by atoms with Crippen LogP contribution in [0.3, 0.4) is 0 Å². The Bertz CT molecular complexity index is 804. The van der Waals surface area contributed by atoms with Crippen LogP contribution in [0.4, 0.5) is 4.39 Å². The second kappa shape index (κ2) is 7.83. The summed E-state index contributed by atoms with van der Waals surface area (Å²) in [4.78, 5) is 28.3. The molecule has 4 nitrogen and oxygen atoms in total. The normalized spacial score (nSPS) is 17.5. The Kier molecular flexibility index (Phi) is 5.53. The van der Waals surface area contributed by atoms with Crippen molar-refractivity contribution in [3.63, 3.8) is 0 Å². The van der Waals surface area contributed by atoms with Crippen molar-refractivity contribution in [2.24, 2.45) is 5.92 Å². The predicted octanol–water partition coefficient (Wildman–Crippen LogP) is 3.65. The van der Waals surface area contributed by atoms with E-state index in [-0.39, 0.29) is 16.7 Å². The molecule has 3 rings (SSSR count). The van der Waals surface area contributed by atoms with E-state index in [1.54, 1.807) is 0 Å². The zero-order chi connectivity index (χ0) is 17.8. The number of nitrogens with zero attached hydrogens (tertiary/aromatic N) is 1. The fourth-order valence-electron chi connectivity index (χ4n) is 3.27. The largest absolute Gasteiger partial charge is 0.338 e. The van der Waals surface area contributed by atoms with E-state index in [4.69, 9.17) is 11.6 Å². The summed E-state index contributed by atoms with van der Waals surface area (Å²) in [5.41, 5.74) is 1.12. The summed E-state index contributed by atoms with van der Waals surface area (Å²) < 4.78 is 13.0. The number of amides is 1. The number of hydrogen-bond donors (Lipinski definition) is 1. The van der Waals surface area contributed by atoms with Crippen LogP contribution >= 0.6 is 11.6 Å². The van der Waals surface area contributed by atoms with Gasteiger partial charge in [-0.05, 0) is 55.4 Å². The standard InChI is InChI=1S/C19H20ClFN2O2/c20-17-10-15(11-22-18(17)24)19(25)23-9-1-2-14(12-23)4-3-13-5-7-16(21)8-6-13/h5-8,10-11,14H,1-4,9,12H2,(H,22,24)/t14-/m0/s1. The Morgan fingerprint density at radius 3 is 2.80 bits per heavy atom. The molecule has 1 N–H and O–H groups in total. The number of nitrogens with one attached hydrogen (secondary N) is 1. The number of aromatic nitrogens is 1. The Balaban J connectivity index is 1.60. The van der Waals surface area contributed by atoms with Crippen molar-refractivity contribution < 1.29 is 9.18 Å². The molecule has 2 heterocycles. The van der Waals surface area contributed by atoms with Crippen molar-refractivity contribution in [3.8, 4) is 0 Å². The molecule has 0 bridgehead atoms. The first-order valence-electron chi connectivity index (χ1n) is 8.45. The number of pyridine rings is 1. The lowest BCUT2D eigenvalue weighted by Crippen LogP contribution is -2.40. The van der Waals surface area contributed by atoms with Crippen LogP contribution in [-0.4, -0.2) is 28.9 Å². The monoisotopic (exact) mass is 362 g/mol. The molecule has 1 amide bonds. The van der Waals surface area contributed by atoms with Gasteiger partial charge in [0.15, 0.2) is 0 Å². The Hall–Kier alpha value is -2.14. The number of piperidine rings is 1. The number of likely N-dealkylation sites (tertiary alicyclic amines) is 1. The molecule has 1 aromatic heterocycles. The van der Waals surface area contributed by atoms with Crippen molar-refractivity contribution in [1.82, 2.24) is 9.88 Å². The van der Waals surface area contributed by atoms with E-state index in [2.05, 4.69) is 4.98 Å². The number of benzene rings is 1. The van der Waals surface area contributed by atoms with Crippen molar-refractivity contribution in [2.45, 2.75) is 25.7 Å². The van der Waals surface area contributed by atoms with Gasteiger partial charge in [-0.2, -0.15) is 0 Å². The van der Waals surface area contributed by atoms with Crippen LogP contribution in [0.15, 0.2) is 41.3 Å². The van der Waals surface area contributed by atoms with E-state index in [9.17, 15) is 14.0 Å². The number of halogens is 2. The molecule has 1 aliphatic heterocycles. The van der Waals surface area contributed by atoms with E-state index >= 15 is 0 Å². The molecule has 6 heteroatoms. The van der Waals surface area contributed by atoms with Gasteiger partial charge >= 0.3 is 0 Å². The minimum absolute atomic E-state index is 0.0238. The van der Waals surface area contributed by atoms with Gasteiger partial charge in [0.05, 0.1) is 5.56 Å². The summed E-state index contributed by atoms with van der Waals surface area (Å²) in [5.74, 6) is 0.0865. The van der Waals surface area contributed by atoms with Crippen LogP contribution in [-0.2, 0) is 6.42 Å². The van der Waals surface area contributed by atoms with Gasteiger partial charge in [0.2, 0.25) is 0 Å². The Labute approximate surface area is 150 Å². The van der Waals surface area contributed by atoms with Gasteiger partial charge in [0.25, 0.3) is 11.5 Å². The van der Waals surface area contributed by atoms with Crippen LogP contribution in [0.25, 0.3) is 0 Å². The highest BCUT2D eigenvalue weighted by Crippen LogP contribution is 2.23. The maximum absolute atomic E-state index is 13.0. The zero-order valence-corrected chi connectivity index (χ0v) is 14.6. The molecule has 25 heavy (non-hydrogen) atoms. The summed E-state index contributed by atoms with van der Waals surface area (Å²) in [5, 5.41) is 0.0238. The molecule has 1 aromatic carbocycles. The van der Waals surface area contributed by atoms with Gasteiger partial charge in [0, 0.05) is 19.3 Å². The van der Waals surface area contributed by atoms with Crippen molar-refractivity contribution in [2.75, 3.05) is 13.1 Å². The number of rotatable bonds is 4. The first-order valence-corrected chi connectivity index (χ1v) is 8.82. The third-order valence-electron chi connectivity index (χ3n) is 4.67. The lowest BCUT2D eigenvalue weighted by molar-refractivity contribution is 0.0668. The topological polar surface area (TPSA) is 53.2 Å². The average molecular weight is 363 g/mol. The van der Waals surface area contributed by atoms with E-state index in [0.29, 0.717) is 24.6 Å². The first-order chi connectivity index (χ1) is 12.0. The highest BCUT2D eigenvalue weighted by molar-refractivity contribution is 6.30. The van der Waals surface area contributed by atoms with E-state index < -0.39 is 5.56 Å². The lowest BCUT2D eigenvalue weighted by atomic mass is 9.91. The lowest BCUT2D eigenvalue weighted by Gasteiger charge is -2.33. The molecule has 0 radical (unpaired) electrons. The van der Waals surface area contributed by atoms with E-state index in [1.807, 2.05) is 17.0 Å². The second-order valence-electron chi connectivity index (χ2n) is 6.49. The van der Waals surface area contributed by atoms with Crippen LogP contribution < -0.4 is 5.56 Å². The quantitative estimate of drug-likeness (QED) is 0.902. The van der Waals surface area contributed by atoms with E-state index in [0.717, 1.165) is 31.2 Å². The Morgan fingerprint density at radius 1 is 1.32 bits per heavy atom. The van der Waals surface area contributed by atoms with Crippen LogP contribution in [0.2, 0.25) is 5.02 Å². The van der Waals surface area contributed by atoms with Gasteiger partial charge in [-0.25, -0.2) is 4.39 Å². The summed E-state index contributed by atoms with van der Waals surface area (Å²) >= 11 is 5.81. The van der Waals surface area contributed by atoms with Gasteiger partial charge in [-0.3, -0.25) is 9.59 Å². The van der Waals surface area contributed by atoms with Crippen LogP contribution in [0, 0.1) is 11.7 Å². The number of aryl methyl sites for hydroxylation is 1. The molecule has 0 spiro atoms. The number of H-pyrrole nitrogens is 1. The third kappa shape index (κ3) is 4.48. The Morgan fingerprint density at radius 2 is 2.08 bits per heavy atom. The molecular weight excluding hydrogens is 343 g/mol. The van der Waals surface area contributed by atoms with Gasteiger partial charge in [-0.15, -0.1) is 0 Å². The molecule has 0 aliphatic carbocycles. The molecule has 1 fully saturated rings. The predicted molar refractivity (Wildman–Crippen MR) is 95.4 cm³/mol. The maximum Gasteiger partial charge on any atom is 0.266 e. The van der Waals surface area contributed by atoms with Gasteiger partial charge in [0.1, 0.15) is 10.8 Å². The highest BCUT2D eigenvalue weighted by atomic mass is 35.5. The van der Waals surface area contributed by atoms with Crippen molar-refractivity contribution in [3.05, 3.63) is 68.8 Å². The molecule has 2 aromatic rings. The van der Waals surface area contributed by atoms with Gasteiger partial charge in [-0.1, -0.05) is 23.7 Å². The molecule has 1 aliphatic rings. The smallest absolute Gasteiger partial charge is 0.266 e. The molecule has 0 saturated carbocycles. The fraction of sp³-hybridized carbons (Fsp3) is 0.368. The first kappa shape index (κ1) is 17.7. The SMILES string of the molecule is O=C(c1c[nH]c(=O)c(Cl)c1)N1CCC[C@@H](CCc2ccc(F)cc2)C1. The molecule has 1 saturated heterocycles. The van der Waals surface area contributed by atoms with Crippen LogP contribution in [0.1, 0.15) is 35.2 Å². The summed E-state index contributed by atoms with van der Waals surface area (Å²) in [7, 11) is 0. The number of carbonyl (C=O) groups is 1. The number of hydrogen-bond acceptors (Lipinski definition) is 2. The number of aromatic amines is 1. The second-order valence-corrected chi connectivity index (χ2v) is 6.90. The number of carbonyl (C=O) groups excluding carboxylic acids is 1. The summed E-state index contributed by atoms with van der Waals surface area (Å²) in [6.07, 6.45) is 5.28. The fourth-order valence-corrected chi connectivity index (χ4v) is 3.44. The molecule has 132 valence electrons. The highest BCUT2D eigenvalue weighted by Gasteiger charge is 2.24. The molecule has 0 unspecified atom stereocenters. The van der Waals surface area contributed by atoms with Crippen molar-refractivity contribution in [1.29, 1.82) is 0 Å². The molecular formula is C19H20ClFN2O2. The van der Waals surface area contributed by atoms with Crippen LogP contribution in [0.5, 0.6) is 0 Å². The van der Waals surface area contributed by atoms with Gasteiger partial charge < -0.3 is 9.88 Å². The minimum atomic E-state index is -0.394. The van der Waals surface area contributed by atoms with E-state index in [1.165, 1.54) is 24.4 Å². The maximum atomic E-state index is 13.0. The summed E-state index contributed by atoms with van der Waals surface area (Å²) in [6.45, 7) is 1.40. The van der Waals surface area contributed by atoms with Crippen molar-refractivity contribution >= 4 is 17.5 Å². The molecule has 1 atom stereocenters. The average Bonchev–Trinajstić information content (AvgIpc) is 2.63.